The second kappa shape index (κ2) is 19.3. The lowest BCUT2D eigenvalue weighted by atomic mass is 10.0. The van der Waals surface area contributed by atoms with Crippen molar-refractivity contribution in [3.8, 4) is 0 Å². The summed E-state index contributed by atoms with van der Waals surface area (Å²) in [6, 6.07) is 18.2. The van der Waals surface area contributed by atoms with Crippen LogP contribution in [-0.2, 0) is 0 Å². The molecule has 0 unspecified atom stereocenters. The highest BCUT2D eigenvalue weighted by atomic mass is 32.2. The van der Waals surface area contributed by atoms with Crippen molar-refractivity contribution in [3.05, 3.63) is 95.3 Å². The minimum absolute atomic E-state index is 0.0142. The third-order valence-electron chi connectivity index (χ3n) is 5.17. The molecule has 1 N–H and O–H groups in total. The van der Waals surface area contributed by atoms with E-state index in [0.29, 0.717) is 18.0 Å². The van der Waals surface area contributed by atoms with Gasteiger partial charge in [-0.2, -0.15) is 0 Å². The van der Waals surface area contributed by atoms with Gasteiger partial charge in [-0.25, -0.2) is 0 Å². The van der Waals surface area contributed by atoms with Crippen molar-refractivity contribution in [2.45, 2.75) is 85.4 Å². The number of nitrogens with zero attached hydrogens (tertiary/aromatic N) is 1. The molecule has 1 heterocycles. The lowest BCUT2D eigenvalue weighted by molar-refractivity contribution is 0.0952. The first kappa shape index (κ1) is 34.1. The largest absolute Gasteiger partial charge is 0.352 e. The van der Waals surface area contributed by atoms with Crippen molar-refractivity contribution in [2.75, 3.05) is 6.54 Å². The Hall–Kier alpha value is -2.85. The summed E-state index contributed by atoms with van der Waals surface area (Å²) < 4.78 is 0. The Bertz CT molecular complexity index is 1090. The van der Waals surface area contributed by atoms with E-state index in [9.17, 15) is 4.79 Å². The van der Waals surface area contributed by atoms with Gasteiger partial charge in [0.15, 0.2) is 0 Å². The lowest BCUT2D eigenvalue weighted by Crippen LogP contribution is -2.25. The van der Waals surface area contributed by atoms with Crippen LogP contribution < -0.4 is 5.32 Å². The molecular formula is C33H48N2OS. The smallest absolute Gasteiger partial charge is 0.251 e. The Balaban J connectivity index is 0.00000201. The maximum absolute atomic E-state index is 12.4. The van der Waals surface area contributed by atoms with E-state index in [0.717, 1.165) is 44.2 Å². The number of amides is 1. The third kappa shape index (κ3) is 11.0. The van der Waals surface area contributed by atoms with E-state index < -0.39 is 0 Å². The Labute approximate surface area is 231 Å². The van der Waals surface area contributed by atoms with Gasteiger partial charge in [0.05, 0.1) is 5.69 Å². The molecule has 0 aliphatic carbocycles. The molecule has 0 aliphatic rings. The number of aryl methyl sites for hydroxylation is 2. The summed E-state index contributed by atoms with van der Waals surface area (Å²) in [6.45, 7) is 25.4. The molecule has 3 aromatic rings. The van der Waals surface area contributed by atoms with E-state index in [1.54, 1.807) is 18.0 Å². The monoisotopic (exact) mass is 520 g/mol. The van der Waals surface area contributed by atoms with Crippen molar-refractivity contribution >= 4 is 23.2 Å². The number of rotatable bonds is 8. The Morgan fingerprint density at radius 1 is 0.892 bits per heavy atom. The number of hydrogen-bond acceptors (Lipinski definition) is 3. The van der Waals surface area contributed by atoms with Crippen LogP contribution in [0.15, 0.2) is 77.2 Å². The summed E-state index contributed by atoms with van der Waals surface area (Å²) in [5.74, 6) is 0.560. The van der Waals surface area contributed by atoms with Crippen molar-refractivity contribution < 1.29 is 4.79 Å². The van der Waals surface area contributed by atoms with Crippen LogP contribution in [0.25, 0.3) is 5.57 Å². The molecule has 3 rings (SSSR count). The summed E-state index contributed by atoms with van der Waals surface area (Å²) in [4.78, 5) is 19.2. The predicted octanol–water partition coefficient (Wildman–Crippen LogP) is 9.77. The van der Waals surface area contributed by atoms with Gasteiger partial charge in [0.25, 0.3) is 5.91 Å². The fourth-order valence-corrected chi connectivity index (χ4v) is 4.37. The molecule has 0 saturated heterocycles. The first-order valence-corrected chi connectivity index (χ1v) is 14.5. The first-order chi connectivity index (χ1) is 17.9. The molecule has 4 heteroatoms. The highest BCUT2D eigenvalue weighted by Crippen LogP contribution is 2.37. The van der Waals surface area contributed by atoms with Gasteiger partial charge in [0, 0.05) is 33.7 Å². The van der Waals surface area contributed by atoms with Crippen molar-refractivity contribution in [2.24, 2.45) is 5.92 Å². The van der Waals surface area contributed by atoms with Crippen LogP contribution in [0.4, 0.5) is 0 Å². The number of benzene rings is 2. The number of nitrogens with one attached hydrogen (secondary N) is 1. The molecule has 0 fully saturated rings. The number of pyridine rings is 1. The zero-order chi connectivity index (χ0) is 28.4. The molecule has 1 amide bonds. The average molecular weight is 521 g/mol. The molecule has 202 valence electrons. The fraction of sp³-hybridized carbons (Fsp3) is 0.394. The molecule has 3 nitrogen and oxygen atoms in total. The Kier molecular flexibility index (Phi) is 17.8. The van der Waals surface area contributed by atoms with E-state index in [2.05, 4.69) is 55.9 Å². The molecule has 37 heavy (non-hydrogen) atoms. The number of aromatic nitrogens is 1. The third-order valence-corrected chi connectivity index (χ3v) is 6.43. The van der Waals surface area contributed by atoms with Crippen molar-refractivity contribution in [3.63, 3.8) is 0 Å². The van der Waals surface area contributed by atoms with Gasteiger partial charge in [0.1, 0.15) is 0 Å². The summed E-state index contributed by atoms with van der Waals surface area (Å²) in [6.07, 6.45) is 2.79. The SMILES string of the molecule is C=C(c1ccccc1Sc1ccc(C(=O)NCCC(C)C)cc1C)c1ncccc1C.CC.CC.CC. The molecule has 0 atom stereocenters. The number of hydrogen-bond donors (Lipinski definition) is 1. The van der Waals surface area contributed by atoms with Gasteiger partial charge in [-0.05, 0) is 73.2 Å². The maximum Gasteiger partial charge on any atom is 0.251 e. The quantitative estimate of drug-likeness (QED) is 0.321. The molecule has 0 bridgehead atoms. The van der Waals surface area contributed by atoms with E-state index >= 15 is 0 Å². The molecule has 0 spiro atoms. The topological polar surface area (TPSA) is 42.0 Å². The van der Waals surface area contributed by atoms with Gasteiger partial charge >= 0.3 is 0 Å². The highest BCUT2D eigenvalue weighted by Gasteiger charge is 2.14. The van der Waals surface area contributed by atoms with Crippen LogP contribution in [0, 0.1) is 19.8 Å². The molecule has 1 aromatic heterocycles. The maximum atomic E-state index is 12.4. The molecule has 2 aromatic carbocycles. The van der Waals surface area contributed by atoms with E-state index in [-0.39, 0.29) is 5.91 Å². The lowest BCUT2D eigenvalue weighted by Gasteiger charge is -2.14. The summed E-state index contributed by atoms with van der Waals surface area (Å²) >= 11 is 1.69. The summed E-state index contributed by atoms with van der Waals surface area (Å²) in [7, 11) is 0. The van der Waals surface area contributed by atoms with Crippen LogP contribution in [0.5, 0.6) is 0 Å². The number of carbonyl (C=O) groups is 1. The minimum Gasteiger partial charge on any atom is -0.352 e. The van der Waals surface area contributed by atoms with Crippen LogP contribution in [0.1, 0.15) is 94.6 Å². The summed E-state index contributed by atoms with van der Waals surface area (Å²) in [5.41, 5.74) is 5.80. The second-order valence-corrected chi connectivity index (χ2v) is 9.25. The van der Waals surface area contributed by atoms with Crippen LogP contribution in [0.2, 0.25) is 0 Å². The normalized spacial score (nSPS) is 9.59. The van der Waals surface area contributed by atoms with Gasteiger partial charge < -0.3 is 5.32 Å². The zero-order valence-electron chi connectivity index (χ0n) is 24.7. The van der Waals surface area contributed by atoms with Crippen molar-refractivity contribution in [1.82, 2.24) is 10.3 Å². The molecule has 0 radical (unpaired) electrons. The molecular weight excluding hydrogens is 472 g/mol. The average Bonchev–Trinajstić information content (AvgIpc) is 2.93. The van der Waals surface area contributed by atoms with E-state index in [1.807, 2.05) is 84.9 Å². The Morgan fingerprint density at radius 3 is 2.14 bits per heavy atom. The standard InChI is InChI=1S/C27H30N2OS.3C2H6/c1-18(2)14-16-29-27(30)22-12-13-24(20(4)17-22)31-25-11-7-6-10-23(25)21(5)26-19(3)9-8-15-28-26;3*1-2/h6-13,15,17-18H,5,14,16H2,1-4H3,(H,29,30);3*1-2H3. The van der Waals surface area contributed by atoms with E-state index in [4.69, 9.17) is 0 Å². The van der Waals surface area contributed by atoms with Crippen LogP contribution in [-0.4, -0.2) is 17.4 Å². The van der Waals surface area contributed by atoms with Crippen LogP contribution >= 0.6 is 11.8 Å². The highest BCUT2D eigenvalue weighted by molar-refractivity contribution is 7.99. The van der Waals surface area contributed by atoms with Crippen LogP contribution in [0.3, 0.4) is 0 Å². The zero-order valence-corrected chi connectivity index (χ0v) is 25.6. The minimum atomic E-state index is -0.0142. The fourth-order valence-electron chi connectivity index (χ4n) is 3.33. The summed E-state index contributed by atoms with van der Waals surface area (Å²) in [5, 5.41) is 3.01. The molecule has 0 saturated carbocycles. The van der Waals surface area contributed by atoms with Gasteiger partial charge in [-0.3, -0.25) is 9.78 Å². The Morgan fingerprint density at radius 2 is 1.54 bits per heavy atom. The first-order valence-electron chi connectivity index (χ1n) is 13.6. The van der Waals surface area contributed by atoms with Crippen molar-refractivity contribution in [1.29, 1.82) is 0 Å². The van der Waals surface area contributed by atoms with Gasteiger partial charge in [-0.1, -0.05) is 98.0 Å². The second-order valence-electron chi connectivity index (χ2n) is 8.16. The van der Waals surface area contributed by atoms with Gasteiger partial charge in [-0.15, -0.1) is 0 Å². The van der Waals surface area contributed by atoms with E-state index in [1.165, 1.54) is 0 Å². The number of carbonyl (C=O) groups excluding carboxylic acids is 1. The predicted molar refractivity (Wildman–Crippen MR) is 165 cm³/mol. The van der Waals surface area contributed by atoms with Gasteiger partial charge in [0.2, 0.25) is 0 Å². The molecule has 0 aliphatic heterocycles.